The monoisotopic (exact) mass is 189 g/mol. The van der Waals surface area contributed by atoms with E-state index in [1.807, 2.05) is 6.33 Å². The SMILES string of the molecule is c1nnc(C2CC3CC3C2)n1C1CC1. The van der Waals surface area contributed by atoms with Gasteiger partial charge in [-0.2, -0.15) is 0 Å². The number of hydrogen-bond donors (Lipinski definition) is 0. The molecule has 1 heterocycles. The van der Waals surface area contributed by atoms with Gasteiger partial charge in [-0.3, -0.25) is 0 Å². The molecule has 3 aliphatic carbocycles. The smallest absolute Gasteiger partial charge is 0.136 e. The van der Waals surface area contributed by atoms with Crippen LogP contribution in [0.25, 0.3) is 0 Å². The predicted octanol–water partition coefficient (Wildman–Crippen LogP) is 2.13. The summed E-state index contributed by atoms with van der Waals surface area (Å²) in [6.45, 7) is 0. The topological polar surface area (TPSA) is 30.7 Å². The highest BCUT2D eigenvalue weighted by atomic mass is 15.3. The number of aromatic nitrogens is 3. The van der Waals surface area contributed by atoms with Crippen LogP contribution < -0.4 is 0 Å². The fourth-order valence-corrected chi connectivity index (χ4v) is 3.10. The highest BCUT2D eigenvalue weighted by molar-refractivity contribution is 5.10. The van der Waals surface area contributed by atoms with E-state index in [1.165, 1.54) is 37.9 Å². The summed E-state index contributed by atoms with van der Waals surface area (Å²) in [5.74, 6) is 4.12. The molecule has 1 aromatic rings. The van der Waals surface area contributed by atoms with Gasteiger partial charge < -0.3 is 4.57 Å². The number of fused-ring (bicyclic) bond motifs is 1. The van der Waals surface area contributed by atoms with E-state index in [1.54, 1.807) is 0 Å². The lowest BCUT2D eigenvalue weighted by atomic mass is 10.0. The van der Waals surface area contributed by atoms with Gasteiger partial charge in [-0.05, 0) is 43.9 Å². The highest BCUT2D eigenvalue weighted by Gasteiger charge is 2.47. The molecule has 14 heavy (non-hydrogen) atoms. The fourth-order valence-electron chi connectivity index (χ4n) is 3.10. The van der Waals surface area contributed by atoms with E-state index in [2.05, 4.69) is 14.8 Å². The Kier molecular flexibility index (Phi) is 1.27. The van der Waals surface area contributed by atoms with Crippen molar-refractivity contribution in [3.05, 3.63) is 12.2 Å². The van der Waals surface area contributed by atoms with E-state index >= 15 is 0 Å². The Labute approximate surface area is 83.5 Å². The third-order valence-electron chi connectivity index (χ3n) is 4.15. The van der Waals surface area contributed by atoms with Gasteiger partial charge in [0.05, 0.1) is 0 Å². The first-order valence-electron chi connectivity index (χ1n) is 5.81. The minimum absolute atomic E-state index is 0.738. The Hall–Kier alpha value is -0.860. The summed E-state index contributed by atoms with van der Waals surface area (Å²) in [5.41, 5.74) is 0. The van der Waals surface area contributed by atoms with Gasteiger partial charge in [0.15, 0.2) is 0 Å². The van der Waals surface area contributed by atoms with Gasteiger partial charge in [0.2, 0.25) is 0 Å². The first-order valence-corrected chi connectivity index (χ1v) is 5.81. The van der Waals surface area contributed by atoms with Crippen molar-refractivity contribution < 1.29 is 0 Å². The summed E-state index contributed by atoms with van der Waals surface area (Å²) in [4.78, 5) is 0. The second-order valence-corrected chi connectivity index (χ2v) is 5.25. The fraction of sp³-hybridized carbons (Fsp3) is 0.818. The first-order chi connectivity index (χ1) is 6.92. The van der Waals surface area contributed by atoms with Crippen molar-refractivity contribution in [1.29, 1.82) is 0 Å². The Bertz CT molecular complexity index is 356. The molecule has 3 heteroatoms. The highest BCUT2D eigenvalue weighted by Crippen LogP contribution is 2.57. The largest absolute Gasteiger partial charge is 0.314 e. The summed E-state index contributed by atoms with van der Waals surface area (Å²) in [6.07, 6.45) is 8.88. The predicted molar refractivity (Wildman–Crippen MR) is 51.9 cm³/mol. The Morgan fingerprint density at radius 3 is 2.64 bits per heavy atom. The molecule has 0 saturated heterocycles. The van der Waals surface area contributed by atoms with Crippen LogP contribution in [0.2, 0.25) is 0 Å². The van der Waals surface area contributed by atoms with Gasteiger partial charge >= 0.3 is 0 Å². The summed E-state index contributed by atoms with van der Waals surface area (Å²) in [5, 5.41) is 8.41. The number of nitrogens with zero attached hydrogens (tertiary/aromatic N) is 3. The molecule has 3 saturated carbocycles. The van der Waals surface area contributed by atoms with Crippen LogP contribution in [0.3, 0.4) is 0 Å². The Morgan fingerprint density at radius 2 is 1.93 bits per heavy atom. The normalized spacial score (nSPS) is 39.9. The van der Waals surface area contributed by atoms with Gasteiger partial charge in [0.25, 0.3) is 0 Å². The molecule has 2 atom stereocenters. The van der Waals surface area contributed by atoms with Crippen molar-refractivity contribution in [2.45, 2.75) is 44.1 Å². The third-order valence-corrected chi connectivity index (χ3v) is 4.15. The van der Waals surface area contributed by atoms with Crippen molar-refractivity contribution in [1.82, 2.24) is 14.8 Å². The van der Waals surface area contributed by atoms with Gasteiger partial charge in [-0.25, -0.2) is 0 Å². The summed E-state index contributed by atoms with van der Waals surface area (Å²) in [7, 11) is 0. The summed E-state index contributed by atoms with van der Waals surface area (Å²) < 4.78 is 2.34. The average Bonchev–Trinajstić information content (AvgIpc) is 3.09. The first kappa shape index (κ1) is 7.43. The molecular weight excluding hydrogens is 174 g/mol. The standard InChI is InChI=1S/C11H15N3/c1-2-10(1)14-6-12-13-11(14)9-4-7-3-8(7)5-9/h6-10H,1-5H2. The third kappa shape index (κ3) is 0.983. The van der Waals surface area contributed by atoms with Crippen molar-refractivity contribution in [3.8, 4) is 0 Å². The van der Waals surface area contributed by atoms with E-state index in [0.717, 1.165) is 23.8 Å². The van der Waals surface area contributed by atoms with Crippen LogP contribution in [0.5, 0.6) is 0 Å². The van der Waals surface area contributed by atoms with E-state index in [9.17, 15) is 0 Å². The second-order valence-electron chi connectivity index (χ2n) is 5.25. The van der Waals surface area contributed by atoms with Crippen molar-refractivity contribution in [2.24, 2.45) is 11.8 Å². The molecule has 1 aromatic heterocycles. The molecule has 0 bridgehead atoms. The van der Waals surface area contributed by atoms with Gasteiger partial charge in [-0.15, -0.1) is 10.2 Å². The van der Waals surface area contributed by atoms with Crippen LogP contribution in [0.15, 0.2) is 6.33 Å². The van der Waals surface area contributed by atoms with Crippen LogP contribution >= 0.6 is 0 Å². The molecule has 3 nitrogen and oxygen atoms in total. The summed E-state index contributed by atoms with van der Waals surface area (Å²) >= 11 is 0. The molecule has 3 aliphatic rings. The average molecular weight is 189 g/mol. The maximum Gasteiger partial charge on any atom is 0.136 e. The lowest BCUT2D eigenvalue weighted by Gasteiger charge is -2.12. The molecule has 0 aromatic carbocycles. The number of rotatable bonds is 2. The molecule has 4 rings (SSSR count). The Morgan fingerprint density at radius 1 is 1.14 bits per heavy atom. The molecule has 0 aliphatic heterocycles. The molecule has 0 N–H and O–H groups in total. The van der Waals surface area contributed by atoms with Crippen molar-refractivity contribution in [3.63, 3.8) is 0 Å². The van der Waals surface area contributed by atoms with Crippen molar-refractivity contribution >= 4 is 0 Å². The molecule has 0 spiro atoms. The van der Waals surface area contributed by atoms with Crippen molar-refractivity contribution in [2.75, 3.05) is 0 Å². The minimum atomic E-state index is 0.738. The zero-order valence-corrected chi connectivity index (χ0v) is 8.26. The van der Waals surface area contributed by atoms with Crippen LogP contribution in [-0.4, -0.2) is 14.8 Å². The molecule has 3 fully saturated rings. The molecule has 2 unspecified atom stereocenters. The lowest BCUT2D eigenvalue weighted by molar-refractivity contribution is 0.545. The molecular formula is C11H15N3. The van der Waals surface area contributed by atoms with Crippen LogP contribution in [0.1, 0.15) is 49.9 Å². The zero-order chi connectivity index (χ0) is 9.12. The maximum atomic E-state index is 4.33. The van der Waals surface area contributed by atoms with Crippen LogP contribution in [-0.2, 0) is 0 Å². The van der Waals surface area contributed by atoms with Gasteiger partial charge in [0, 0.05) is 12.0 Å². The van der Waals surface area contributed by atoms with E-state index < -0.39 is 0 Å². The van der Waals surface area contributed by atoms with E-state index in [-0.39, 0.29) is 0 Å². The quantitative estimate of drug-likeness (QED) is 0.713. The van der Waals surface area contributed by atoms with E-state index in [4.69, 9.17) is 0 Å². The zero-order valence-electron chi connectivity index (χ0n) is 8.26. The van der Waals surface area contributed by atoms with Gasteiger partial charge in [0.1, 0.15) is 12.2 Å². The lowest BCUT2D eigenvalue weighted by Crippen LogP contribution is -2.06. The van der Waals surface area contributed by atoms with E-state index in [0.29, 0.717) is 0 Å². The molecule has 0 radical (unpaired) electrons. The second kappa shape index (κ2) is 2.38. The number of hydrogen-bond acceptors (Lipinski definition) is 2. The van der Waals surface area contributed by atoms with Crippen LogP contribution in [0.4, 0.5) is 0 Å². The minimum Gasteiger partial charge on any atom is -0.314 e. The molecule has 0 amide bonds. The summed E-state index contributed by atoms with van der Waals surface area (Å²) in [6, 6.07) is 0.747. The maximum absolute atomic E-state index is 4.33. The molecule has 74 valence electrons. The Balaban J connectivity index is 1.64. The van der Waals surface area contributed by atoms with Crippen LogP contribution in [0, 0.1) is 11.8 Å². The van der Waals surface area contributed by atoms with Gasteiger partial charge in [-0.1, -0.05) is 0 Å².